The average molecular weight is 431 g/mol. The summed E-state index contributed by atoms with van der Waals surface area (Å²) in [5.41, 5.74) is 3.04. The molecule has 2 aliphatic rings. The van der Waals surface area contributed by atoms with Gasteiger partial charge in [-0.05, 0) is 37.1 Å². The van der Waals surface area contributed by atoms with Gasteiger partial charge in [0.1, 0.15) is 0 Å². The van der Waals surface area contributed by atoms with Crippen LogP contribution in [0.25, 0.3) is 22.2 Å². The quantitative estimate of drug-likeness (QED) is 0.639. The Morgan fingerprint density at radius 3 is 2.47 bits per heavy atom. The average Bonchev–Trinajstić information content (AvgIpc) is 2.88. The first-order valence-electron chi connectivity index (χ1n) is 11.2. The van der Waals surface area contributed by atoms with Gasteiger partial charge in [-0.15, -0.1) is 0 Å². The summed E-state index contributed by atoms with van der Waals surface area (Å²) in [5, 5.41) is 0.844. The molecule has 0 bridgehead atoms. The van der Waals surface area contributed by atoms with Crippen LogP contribution in [0.3, 0.4) is 0 Å². The maximum Gasteiger partial charge on any atom is 0.254 e. The summed E-state index contributed by atoms with van der Waals surface area (Å²) in [6.45, 7) is 3.71. The number of rotatable bonds is 3. The second-order valence-electron chi connectivity index (χ2n) is 8.32. The number of benzene rings is 1. The fourth-order valence-corrected chi connectivity index (χ4v) is 4.56. The van der Waals surface area contributed by atoms with Crippen molar-refractivity contribution in [2.24, 2.45) is 5.92 Å². The summed E-state index contributed by atoms with van der Waals surface area (Å²) in [7, 11) is 0. The van der Waals surface area contributed by atoms with E-state index in [0.717, 1.165) is 22.2 Å². The van der Waals surface area contributed by atoms with Gasteiger partial charge in [0.05, 0.1) is 30.0 Å². The van der Waals surface area contributed by atoms with Crippen molar-refractivity contribution in [1.82, 2.24) is 19.8 Å². The monoisotopic (exact) mass is 430 g/mol. The minimum absolute atomic E-state index is 0.00832. The molecule has 4 heterocycles. The Morgan fingerprint density at radius 1 is 0.938 bits per heavy atom. The molecule has 164 valence electrons. The molecule has 0 spiro atoms. The summed E-state index contributed by atoms with van der Waals surface area (Å²) in [4.78, 5) is 39.1. The minimum Gasteiger partial charge on any atom is -0.378 e. The number of pyridine rings is 2. The Morgan fingerprint density at radius 2 is 1.72 bits per heavy atom. The molecule has 2 saturated heterocycles. The molecule has 0 radical (unpaired) electrons. The van der Waals surface area contributed by atoms with Crippen molar-refractivity contribution in [2.75, 3.05) is 39.4 Å². The van der Waals surface area contributed by atoms with Crippen molar-refractivity contribution in [3.63, 3.8) is 0 Å². The third kappa shape index (κ3) is 4.08. The lowest BCUT2D eigenvalue weighted by Crippen LogP contribution is -2.47. The molecule has 0 saturated carbocycles. The van der Waals surface area contributed by atoms with Crippen LogP contribution in [-0.2, 0) is 9.53 Å². The molecule has 0 atom stereocenters. The molecular weight excluding hydrogens is 404 g/mol. The van der Waals surface area contributed by atoms with Gasteiger partial charge in [-0.2, -0.15) is 0 Å². The third-order valence-corrected chi connectivity index (χ3v) is 6.36. The standard InChI is InChI=1S/C25H26N4O3/c30-24(29-12-14-32-15-13-29)18-7-10-28(11-8-18)25(31)21-16-23(19-4-3-9-26-17-19)27-22-6-2-1-5-20(21)22/h1-6,9,16-18H,7-8,10-15H2. The van der Waals surface area contributed by atoms with Gasteiger partial charge >= 0.3 is 0 Å². The molecule has 0 aliphatic carbocycles. The normalized spacial score (nSPS) is 17.5. The van der Waals surface area contributed by atoms with Crippen LogP contribution in [-0.4, -0.2) is 71.0 Å². The predicted octanol–water partition coefficient (Wildman–Crippen LogP) is 3.01. The number of carbonyl (C=O) groups excluding carboxylic acids is 2. The maximum atomic E-state index is 13.5. The number of amides is 2. The Bertz CT molecular complexity index is 1120. The Kier molecular flexibility index (Phi) is 5.81. The van der Waals surface area contributed by atoms with Crippen LogP contribution >= 0.6 is 0 Å². The van der Waals surface area contributed by atoms with Gasteiger partial charge in [0.2, 0.25) is 5.91 Å². The van der Waals surface area contributed by atoms with Gasteiger partial charge in [-0.25, -0.2) is 4.98 Å². The fraction of sp³-hybridized carbons (Fsp3) is 0.360. The molecule has 2 fully saturated rings. The van der Waals surface area contributed by atoms with E-state index in [0.29, 0.717) is 57.8 Å². The highest BCUT2D eigenvalue weighted by atomic mass is 16.5. The summed E-state index contributed by atoms with van der Waals surface area (Å²) >= 11 is 0. The van der Waals surface area contributed by atoms with Crippen LogP contribution in [0, 0.1) is 5.92 Å². The number of likely N-dealkylation sites (tertiary alicyclic amines) is 1. The van der Waals surface area contributed by atoms with Gasteiger partial charge in [0.25, 0.3) is 5.91 Å². The summed E-state index contributed by atoms with van der Waals surface area (Å²) in [5.74, 6) is 0.178. The molecule has 1 aromatic carbocycles. The second kappa shape index (κ2) is 9.04. The van der Waals surface area contributed by atoms with Crippen LogP contribution in [0.15, 0.2) is 54.9 Å². The van der Waals surface area contributed by atoms with E-state index in [9.17, 15) is 9.59 Å². The van der Waals surface area contributed by atoms with Crippen molar-refractivity contribution in [3.05, 3.63) is 60.4 Å². The van der Waals surface area contributed by atoms with E-state index < -0.39 is 0 Å². The molecule has 2 aromatic heterocycles. The number of aromatic nitrogens is 2. The molecule has 32 heavy (non-hydrogen) atoms. The number of fused-ring (bicyclic) bond motifs is 1. The topological polar surface area (TPSA) is 75.6 Å². The molecular formula is C25H26N4O3. The Labute approximate surface area is 187 Å². The first-order valence-corrected chi connectivity index (χ1v) is 11.2. The van der Waals surface area contributed by atoms with Crippen molar-refractivity contribution in [3.8, 4) is 11.3 Å². The lowest BCUT2D eigenvalue weighted by atomic mass is 9.94. The number of carbonyl (C=O) groups is 2. The van der Waals surface area contributed by atoms with E-state index in [1.54, 1.807) is 12.4 Å². The highest BCUT2D eigenvalue weighted by Gasteiger charge is 2.31. The van der Waals surface area contributed by atoms with E-state index in [1.807, 2.05) is 52.3 Å². The van der Waals surface area contributed by atoms with E-state index in [4.69, 9.17) is 9.72 Å². The zero-order valence-electron chi connectivity index (χ0n) is 17.9. The van der Waals surface area contributed by atoms with Crippen LogP contribution < -0.4 is 0 Å². The number of para-hydroxylation sites is 1. The van der Waals surface area contributed by atoms with Gasteiger partial charge < -0.3 is 14.5 Å². The highest BCUT2D eigenvalue weighted by molar-refractivity contribution is 6.07. The first kappa shape index (κ1) is 20.6. The predicted molar refractivity (Wildman–Crippen MR) is 121 cm³/mol. The van der Waals surface area contributed by atoms with Crippen LogP contribution in [0.2, 0.25) is 0 Å². The van der Waals surface area contributed by atoms with E-state index in [2.05, 4.69) is 4.98 Å². The highest BCUT2D eigenvalue weighted by Crippen LogP contribution is 2.27. The maximum absolute atomic E-state index is 13.5. The fourth-order valence-electron chi connectivity index (χ4n) is 4.56. The number of ether oxygens (including phenoxy) is 1. The number of nitrogens with zero attached hydrogens (tertiary/aromatic N) is 4. The summed E-state index contributed by atoms with van der Waals surface area (Å²) in [6.07, 6.45) is 4.87. The lowest BCUT2D eigenvalue weighted by molar-refractivity contribution is -0.141. The van der Waals surface area contributed by atoms with Crippen molar-refractivity contribution < 1.29 is 14.3 Å². The van der Waals surface area contributed by atoms with Crippen molar-refractivity contribution >= 4 is 22.7 Å². The number of hydrogen-bond acceptors (Lipinski definition) is 5. The SMILES string of the molecule is O=C(c1cc(-c2cccnc2)nc2ccccc12)N1CCC(C(=O)N2CCOCC2)CC1. The second-order valence-corrected chi connectivity index (χ2v) is 8.32. The number of hydrogen-bond donors (Lipinski definition) is 0. The van der Waals surface area contributed by atoms with Gasteiger partial charge in [0.15, 0.2) is 0 Å². The third-order valence-electron chi connectivity index (χ3n) is 6.36. The van der Waals surface area contributed by atoms with Gasteiger partial charge in [-0.1, -0.05) is 18.2 Å². The van der Waals surface area contributed by atoms with Crippen LogP contribution in [0.1, 0.15) is 23.2 Å². The van der Waals surface area contributed by atoms with Gasteiger partial charge in [-0.3, -0.25) is 14.6 Å². The summed E-state index contributed by atoms with van der Waals surface area (Å²) in [6, 6.07) is 13.4. The Balaban J connectivity index is 1.36. The smallest absolute Gasteiger partial charge is 0.254 e. The molecule has 2 amide bonds. The first-order chi connectivity index (χ1) is 15.7. The molecule has 2 aliphatic heterocycles. The summed E-state index contributed by atoms with van der Waals surface area (Å²) < 4.78 is 5.36. The number of morpholine rings is 1. The molecule has 5 rings (SSSR count). The van der Waals surface area contributed by atoms with Crippen LogP contribution in [0.5, 0.6) is 0 Å². The van der Waals surface area contributed by atoms with E-state index in [-0.39, 0.29) is 17.7 Å². The molecule has 3 aromatic rings. The van der Waals surface area contributed by atoms with E-state index in [1.165, 1.54) is 0 Å². The van der Waals surface area contributed by atoms with E-state index >= 15 is 0 Å². The largest absolute Gasteiger partial charge is 0.378 e. The van der Waals surface area contributed by atoms with Crippen LogP contribution in [0.4, 0.5) is 0 Å². The zero-order chi connectivity index (χ0) is 21.9. The molecule has 7 nitrogen and oxygen atoms in total. The van der Waals surface area contributed by atoms with Gasteiger partial charge in [0, 0.05) is 55.4 Å². The van der Waals surface area contributed by atoms with Crippen molar-refractivity contribution in [1.29, 1.82) is 0 Å². The molecule has 7 heteroatoms. The number of piperidine rings is 1. The zero-order valence-corrected chi connectivity index (χ0v) is 17.9. The van der Waals surface area contributed by atoms with Crippen molar-refractivity contribution in [2.45, 2.75) is 12.8 Å². The molecule has 0 unspecified atom stereocenters. The minimum atomic E-state index is -0.0164. The lowest BCUT2D eigenvalue weighted by Gasteiger charge is -2.35. The molecule has 0 N–H and O–H groups in total. The Hall–Kier alpha value is -3.32.